The monoisotopic (exact) mass is 584 g/mol. The van der Waals surface area contributed by atoms with Crippen LogP contribution < -0.4 is 15.4 Å². The van der Waals surface area contributed by atoms with Crippen LogP contribution in [-0.4, -0.2) is 56.1 Å². The summed E-state index contributed by atoms with van der Waals surface area (Å²) in [4.78, 5) is 25.1. The first-order valence-corrected chi connectivity index (χ1v) is 14.1. The van der Waals surface area contributed by atoms with Crippen LogP contribution in [0.2, 0.25) is 15.1 Å². The number of rotatable bonds is 5. The van der Waals surface area contributed by atoms with E-state index in [-0.39, 0.29) is 44.5 Å². The smallest absolute Gasteiger partial charge is 0.305 e. The van der Waals surface area contributed by atoms with Crippen molar-refractivity contribution < 1.29 is 26.8 Å². The standard InChI is InChI=1S/C22H25Cl3F2N4O4S/c23-14-3-15(24)19(16(25)4-14)31-10-22(26,27)9-30(36(31,34)35)8-17(32)29-18-12-1-11-2-13(18)7-21(5-11,6-12)20(28)33/h3-4,11-13,18H,1-2,5-10H2,(H2,28,33)(H,29,32)/t11?,12?,13?,18-,21-. The number of carbonyl (C=O) groups excluding carboxylic acids is 2. The van der Waals surface area contributed by atoms with Crippen LogP contribution in [0.15, 0.2) is 12.1 Å². The summed E-state index contributed by atoms with van der Waals surface area (Å²) in [5.74, 6) is -4.03. The first-order valence-electron chi connectivity index (χ1n) is 11.6. The lowest BCUT2D eigenvalue weighted by Crippen LogP contribution is -2.64. The zero-order chi connectivity index (χ0) is 26.2. The molecule has 14 heteroatoms. The Bertz CT molecular complexity index is 1190. The number of hydrogen-bond donors (Lipinski definition) is 2. The maximum absolute atomic E-state index is 14.7. The molecule has 4 saturated carbocycles. The highest BCUT2D eigenvalue weighted by atomic mass is 35.5. The quantitative estimate of drug-likeness (QED) is 0.551. The first-order chi connectivity index (χ1) is 16.7. The van der Waals surface area contributed by atoms with Crippen molar-refractivity contribution in [2.75, 3.05) is 23.9 Å². The molecule has 3 N–H and O–H groups in total. The largest absolute Gasteiger partial charge is 0.369 e. The van der Waals surface area contributed by atoms with Gasteiger partial charge in [0.05, 0.1) is 28.8 Å². The van der Waals surface area contributed by atoms with E-state index >= 15 is 0 Å². The fourth-order valence-corrected chi connectivity index (χ4v) is 9.69. The maximum atomic E-state index is 14.7. The second-order valence-electron chi connectivity index (χ2n) is 10.6. The molecule has 6 rings (SSSR count). The number of primary amides is 1. The summed E-state index contributed by atoms with van der Waals surface area (Å²) in [5, 5.41) is 2.57. The maximum Gasteiger partial charge on any atom is 0.305 e. The molecule has 2 unspecified atom stereocenters. The van der Waals surface area contributed by atoms with E-state index in [1.807, 2.05) is 0 Å². The van der Waals surface area contributed by atoms with Gasteiger partial charge in [-0.15, -0.1) is 0 Å². The zero-order valence-corrected chi connectivity index (χ0v) is 22.1. The van der Waals surface area contributed by atoms with E-state index < -0.39 is 47.1 Å². The van der Waals surface area contributed by atoms with E-state index in [1.54, 1.807) is 0 Å². The third-order valence-electron chi connectivity index (χ3n) is 8.06. The lowest BCUT2D eigenvalue weighted by molar-refractivity contribution is -0.147. The molecule has 0 spiro atoms. The average Bonchev–Trinajstić information content (AvgIpc) is 2.72. The summed E-state index contributed by atoms with van der Waals surface area (Å²) < 4.78 is 56.9. The Kier molecular flexibility index (Phi) is 6.43. The van der Waals surface area contributed by atoms with Gasteiger partial charge in [0.1, 0.15) is 6.54 Å². The second-order valence-corrected chi connectivity index (χ2v) is 13.7. The minimum absolute atomic E-state index is 0.0373. The van der Waals surface area contributed by atoms with Gasteiger partial charge in [0.25, 0.3) is 5.92 Å². The van der Waals surface area contributed by atoms with E-state index in [4.69, 9.17) is 40.5 Å². The van der Waals surface area contributed by atoms with Gasteiger partial charge in [-0.1, -0.05) is 34.8 Å². The van der Waals surface area contributed by atoms with E-state index in [1.165, 1.54) is 12.1 Å². The SMILES string of the molecule is NC(=O)[C@]12CC3CC(C1)[C@@H](NC(=O)CN1CC(F)(F)CN(c4c(Cl)cc(Cl)cc4Cl)S1(=O)=O)C(C3)C2. The molecule has 5 fully saturated rings. The second kappa shape index (κ2) is 8.83. The van der Waals surface area contributed by atoms with E-state index in [2.05, 4.69) is 5.32 Å². The molecule has 1 saturated heterocycles. The molecular weight excluding hydrogens is 561 g/mol. The van der Waals surface area contributed by atoms with Crippen LogP contribution in [0.5, 0.6) is 0 Å². The Labute approximate surface area is 222 Å². The van der Waals surface area contributed by atoms with Crippen LogP contribution >= 0.6 is 34.8 Å². The molecule has 1 heterocycles. The summed E-state index contributed by atoms with van der Waals surface area (Å²) in [6, 6.07) is 2.15. The van der Waals surface area contributed by atoms with Gasteiger partial charge in [0.15, 0.2) is 0 Å². The molecule has 36 heavy (non-hydrogen) atoms. The Morgan fingerprint density at radius 3 is 2.19 bits per heavy atom. The normalized spacial score (nSPS) is 34.5. The average molecular weight is 586 g/mol. The number of benzene rings is 1. The molecule has 4 aliphatic carbocycles. The number of anilines is 1. The summed E-state index contributed by atoms with van der Waals surface area (Å²) >= 11 is 18.1. The third-order valence-corrected chi connectivity index (χ3v) is 10.6. The van der Waals surface area contributed by atoms with E-state index in [9.17, 15) is 26.8 Å². The highest BCUT2D eigenvalue weighted by Gasteiger charge is 2.58. The van der Waals surface area contributed by atoms with Crippen molar-refractivity contribution in [2.45, 2.75) is 44.1 Å². The third kappa shape index (κ3) is 4.44. The number of nitrogens with one attached hydrogen (secondary N) is 1. The molecule has 2 amide bonds. The van der Waals surface area contributed by atoms with Crippen LogP contribution in [0.1, 0.15) is 32.1 Å². The Morgan fingerprint density at radius 1 is 1.06 bits per heavy atom. The Hall–Kier alpha value is -1.40. The molecule has 8 nitrogen and oxygen atoms in total. The predicted octanol–water partition coefficient (Wildman–Crippen LogP) is 3.45. The lowest BCUT2D eigenvalue weighted by atomic mass is 9.47. The number of nitrogens with zero attached hydrogens (tertiary/aromatic N) is 2. The van der Waals surface area contributed by atoms with Gasteiger partial charge >= 0.3 is 10.2 Å². The summed E-state index contributed by atoms with van der Waals surface area (Å²) in [7, 11) is -4.57. The van der Waals surface area contributed by atoms with Crippen LogP contribution in [0.25, 0.3) is 0 Å². The topological polar surface area (TPSA) is 113 Å². The highest BCUT2D eigenvalue weighted by molar-refractivity contribution is 7.90. The molecule has 1 aromatic carbocycles. The predicted molar refractivity (Wildman–Crippen MR) is 131 cm³/mol. The van der Waals surface area contributed by atoms with Crippen LogP contribution in [0, 0.1) is 23.2 Å². The molecule has 1 aliphatic heterocycles. The first kappa shape index (κ1) is 26.2. The summed E-state index contributed by atoms with van der Waals surface area (Å²) in [6.07, 6.45) is 3.60. The molecule has 5 aliphatic rings. The van der Waals surface area contributed by atoms with Gasteiger partial charge in [-0.05, 0) is 62.0 Å². The van der Waals surface area contributed by atoms with Crippen LogP contribution in [0.3, 0.4) is 0 Å². The lowest BCUT2D eigenvalue weighted by Gasteiger charge is -2.58. The van der Waals surface area contributed by atoms with Gasteiger partial charge in [-0.25, -0.2) is 13.1 Å². The van der Waals surface area contributed by atoms with E-state index in [0.717, 1.165) is 19.3 Å². The van der Waals surface area contributed by atoms with Gasteiger partial charge in [0, 0.05) is 16.5 Å². The van der Waals surface area contributed by atoms with Gasteiger partial charge in [0.2, 0.25) is 11.8 Å². The van der Waals surface area contributed by atoms with Crippen molar-refractivity contribution in [1.29, 1.82) is 0 Å². The van der Waals surface area contributed by atoms with Crippen molar-refractivity contribution in [1.82, 2.24) is 9.62 Å². The van der Waals surface area contributed by atoms with Crippen LogP contribution in [-0.2, 0) is 19.8 Å². The fraction of sp³-hybridized carbons (Fsp3) is 0.636. The molecule has 2 atom stereocenters. The number of carbonyl (C=O) groups is 2. The molecule has 0 radical (unpaired) electrons. The van der Waals surface area contributed by atoms with Crippen molar-refractivity contribution in [3.8, 4) is 0 Å². The van der Waals surface area contributed by atoms with Crippen molar-refractivity contribution >= 4 is 62.5 Å². The number of alkyl halides is 2. The molecular formula is C22H25Cl3F2N4O4S. The van der Waals surface area contributed by atoms with E-state index in [0.29, 0.717) is 27.4 Å². The Morgan fingerprint density at radius 2 is 1.64 bits per heavy atom. The number of hydrogen-bond acceptors (Lipinski definition) is 4. The highest BCUT2D eigenvalue weighted by Crippen LogP contribution is 2.60. The van der Waals surface area contributed by atoms with Gasteiger partial charge in [-0.2, -0.15) is 12.7 Å². The van der Waals surface area contributed by atoms with Gasteiger partial charge in [-0.3, -0.25) is 9.59 Å². The van der Waals surface area contributed by atoms with Gasteiger partial charge < -0.3 is 11.1 Å². The van der Waals surface area contributed by atoms with Crippen molar-refractivity contribution in [2.24, 2.45) is 28.9 Å². The minimum Gasteiger partial charge on any atom is -0.369 e. The molecule has 0 aromatic heterocycles. The molecule has 1 aromatic rings. The molecule has 4 bridgehead atoms. The Balaban J connectivity index is 1.35. The molecule has 198 valence electrons. The zero-order valence-electron chi connectivity index (χ0n) is 19.0. The fourth-order valence-electron chi connectivity index (χ4n) is 6.88. The summed E-state index contributed by atoms with van der Waals surface area (Å²) in [6.45, 7) is -3.14. The number of halogens is 5. The van der Waals surface area contributed by atoms with Crippen molar-refractivity contribution in [3.05, 3.63) is 27.2 Å². The number of amides is 2. The van der Waals surface area contributed by atoms with Crippen LogP contribution in [0.4, 0.5) is 14.5 Å². The number of nitrogens with two attached hydrogens (primary N) is 1. The van der Waals surface area contributed by atoms with Crippen molar-refractivity contribution in [3.63, 3.8) is 0 Å². The minimum atomic E-state index is -4.57. The summed E-state index contributed by atoms with van der Waals surface area (Å²) in [5.41, 5.74) is 4.83.